The van der Waals surface area contributed by atoms with Gasteiger partial charge in [-0.05, 0) is 33.6 Å². The second kappa shape index (κ2) is 5.53. The lowest BCUT2D eigenvalue weighted by atomic mass is 9.95. The SMILES string of the molecule is CC(C)(C)OC(=O)N1CCC(c2cnc(Br)o2)CC1. The van der Waals surface area contributed by atoms with E-state index < -0.39 is 5.60 Å². The summed E-state index contributed by atoms with van der Waals surface area (Å²) in [4.78, 5) is 18.2. The zero-order valence-corrected chi connectivity index (χ0v) is 13.1. The molecule has 6 heteroatoms. The Morgan fingerprint density at radius 3 is 2.58 bits per heavy atom. The monoisotopic (exact) mass is 330 g/mol. The standard InChI is InChI=1S/C13H19BrN2O3/c1-13(2,3)19-12(17)16-6-4-9(5-7-16)10-8-15-11(14)18-10/h8-9H,4-7H2,1-3H3. The highest BCUT2D eigenvalue weighted by Gasteiger charge is 2.28. The van der Waals surface area contributed by atoms with Crippen molar-refractivity contribution >= 4 is 22.0 Å². The molecule has 0 bridgehead atoms. The van der Waals surface area contributed by atoms with E-state index in [2.05, 4.69) is 20.9 Å². The van der Waals surface area contributed by atoms with Crippen molar-refractivity contribution in [2.75, 3.05) is 13.1 Å². The Morgan fingerprint density at radius 2 is 2.11 bits per heavy atom. The molecule has 0 aliphatic carbocycles. The predicted octanol–water partition coefficient (Wildman–Crippen LogP) is 3.55. The van der Waals surface area contributed by atoms with E-state index >= 15 is 0 Å². The van der Waals surface area contributed by atoms with Crippen molar-refractivity contribution in [3.05, 3.63) is 16.8 Å². The smallest absolute Gasteiger partial charge is 0.410 e. The van der Waals surface area contributed by atoms with E-state index in [1.165, 1.54) is 0 Å². The largest absolute Gasteiger partial charge is 0.444 e. The molecule has 1 fully saturated rings. The first-order valence-corrected chi connectivity index (χ1v) is 7.23. The van der Waals surface area contributed by atoms with Crippen LogP contribution in [0.2, 0.25) is 0 Å². The Balaban J connectivity index is 1.87. The molecule has 1 aliphatic rings. The molecule has 0 unspecified atom stereocenters. The van der Waals surface area contributed by atoms with E-state index in [0.717, 1.165) is 18.6 Å². The Hall–Kier alpha value is -1.04. The average Bonchev–Trinajstić information content (AvgIpc) is 2.74. The Labute approximate surface area is 121 Å². The third-order valence-corrected chi connectivity index (χ3v) is 3.41. The van der Waals surface area contributed by atoms with Crippen LogP contribution in [0.1, 0.15) is 45.3 Å². The zero-order valence-electron chi connectivity index (χ0n) is 11.5. The van der Waals surface area contributed by atoms with Crippen LogP contribution in [0.25, 0.3) is 0 Å². The lowest BCUT2D eigenvalue weighted by Crippen LogP contribution is -2.41. The quantitative estimate of drug-likeness (QED) is 0.790. The van der Waals surface area contributed by atoms with Crippen molar-refractivity contribution in [3.63, 3.8) is 0 Å². The lowest BCUT2D eigenvalue weighted by molar-refractivity contribution is 0.0200. The zero-order chi connectivity index (χ0) is 14.0. The molecule has 0 radical (unpaired) electrons. The molecular weight excluding hydrogens is 312 g/mol. The maximum Gasteiger partial charge on any atom is 0.410 e. The number of rotatable bonds is 1. The molecular formula is C13H19BrN2O3. The summed E-state index contributed by atoms with van der Waals surface area (Å²) in [6, 6.07) is 0. The summed E-state index contributed by atoms with van der Waals surface area (Å²) in [5.41, 5.74) is -0.441. The van der Waals surface area contributed by atoms with Crippen LogP contribution in [0.15, 0.2) is 15.4 Å². The number of hydrogen-bond donors (Lipinski definition) is 0. The van der Waals surface area contributed by atoms with E-state index in [9.17, 15) is 4.79 Å². The van der Waals surface area contributed by atoms with Crippen LogP contribution in [0.4, 0.5) is 4.79 Å². The number of amides is 1. The van der Waals surface area contributed by atoms with Gasteiger partial charge >= 0.3 is 6.09 Å². The van der Waals surface area contributed by atoms with Gasteiger partial charge in [0, 0.05) is 34.9 Å². The number of likely N-dealkylation sites (tertiary alicyclic amines) is 1. The Morgan fingerprint density at radius 1 is 1.47 bits per heavy atom. The number of oxazole rings is 1. The van der Waals surface area contributed by atoms with Gasteiger partial charge in [0.15, 0.2) is 0 Å². The minimum Gasteiger partial charge on any atom is -0.444 e. The summed E-state index contributed by atoms with van der Waals surface area (Å²) in [7, 11) is 0. The topological polar surface area (TPSA) is 55.6 Å². The Bertz CT molecular complexity index is 445. The fourth-order valence-electron chi connectivity index (χ4n) is 2.13. The van der Waals surface area contributed by atoms with Crippen LogP contribution in [0.3, 0.4) is 0 Å². The highest BCUT2D eigenvalue weighted by atomic mass is 79.9. The molecule has 0 aromatic carbocycles. The first-order chi connectivity index (χ1) is 8.85. The highest BCUT2D eigenvalue weighted by Crippen LogP contribution is 2.30. The van der Waals surface area contributed by atoms with E-state index in [0.29, 0.717) is 23.8 Å². The fraction of sp³-hybridized carbons (Fsp3) is 0.692. The summed E-state index contributed by atoms with van der Waals surface area (Å²) in [5.74, 6) is 1.22. The van der Waals surface area contributed by atoms with Crippen molar-refractivity contribution < 1.29 is 13.9 Å². The number of hydrogen-bond acceptors (Lipinski definition) is 4. The van der Waals surface area contributed by atoms with Gasteiger partial charge in [0.1, 0.15) is 11.4 Å². The predicted molar refractivity (Wildman–Crippen MR) is 74.0 cm³/mol. The summed E-state index contributed by atoms with van der Waals surface area (Å²) in [5, 5.41) is 0. The average molecular weight is 331 g/mol. The van der Waals surface area contributed by atoms with Crippen molar-refractivity contribution in [2.24, 2.45) is 0 Å². The molecule has 0 spiro atoms. The molecule has 1 amide bonds. The first-order valence-electron chi connectivity index (χ1n) is 6.44. The van der Waals surface area contributed by atoms with Crippen LogP contribution >= 0.6 is 15.9 Å². The maximum absolute atomic E-state index is 11.9. The molecule has 0 saturated carbocycles. The molecule has 1 aromatic heterocycles. The van der Waals surface area contributed by atoms with Gasteiger partial charge in [-0.1, -0.05) is 0 Å². The van der Waals surface area contributed by atoms with E-state index in [1.807, 2.05) is 20.8 Å². The molecule has 5 nitrogen and oxygen atoms in total. The first kappa shape index (κ1) is 14.4. The van der Waals surface area contributed by atoms with Gasteiger partial charge in [-0.25, -0.2) is 9.78 Å². The summed E-state index contributed by atoms with van der Waals surface area (Å²) >= 11 is 3.20. The van der Waals surface area contributed by atoms with Crippen LogP contribution in [-0.4, -0.2) is 34.7 Å². The maximum atomic E-state index is 11.9. The van der Waals surface area contributed by atoms with E-state index in [-0.39, 0.29) is 6.09 Å². The van der Waals surface area contributed by atoms with Crippen LogP contribution in [0.5, 0.6) is 0 Å². The molecule has 0 atom stereocenters. The number of carbonyl (C=O) groups is 1. The number of nitrogens with zero attached hydrogens (tertiary/aromatic N) is 2. The molecule has 2 heterocycles. The lowest BCUT2D eigenvalue weighted by Gasteiger charge is -2.32. The number of halogens is 1. The minimum absolute atomic E-state index is 0.232. The third kappa shape index (κ3) is 3.96. The summed E-state index contributed by atoms with van der Waals surface area (Å²) < 4.78 is 10.8. The third-order valence-electron chi connectivity index (χ3n) is 3.04. The highest BCUT2D eigenvalue weighted by molar-refractivity contribution is 9.10. The van der Waals surface area contributed by atoms with Crippen molar-refractivity contribution in [2.45, 2.75) is 45.1 Å². The summed E-state index contributed by atoms with van der Waals surface area (Å²) in [6.45, 7) is 7.02. The van der Waals surface area contributed by atoms with E-state index in [1.54, 1.807) is 11.1 Å². The molecule has 1 aliphatic heterocycles. The number of carbonyl (C=O) groups excluding carboxylic acids is 1. The molecule has 19 heavy (non-hydrogen) atoms. The molecule has 1 aromatic rings. The molecule has 0 N–H and O–H groups in total. The molecule has 106 valence electrons. The molecule has 1 saturated heterocycles. The molecule has 2 rings (SSSR count). The second-order valence-electron chi connectivity index (χ2n) is 5.76. The number of ether oxygens (including phenoxy) is 1. The van der Waals surface area contributed by atoms with Gasteiger partial charge in [0.25, 0.3) is 4.80 Å². The van der Waals surface area contributed by atoms with Gasteiger partial charge < -0.3 is 14.1 Å². The van der Waals surface area contributed by atoms with Gasteiger partial charge in [-0.3, -0.25) is 0 Å². The van der Waals surface area contributed by atoms with Gasteiger partial charge in [-0.2, -0.15) is 0 Å². The second-order valence-corrected chi connectivity index (χ2v) is 6.44. The van der Waals surface area contributed by atoms with Gasteiger partial charge in [0.05, 0.1) is 6.20 Å². The number of aromatic nitrogens is 1. The van der Waals surface area contributed by atoms with Crippen LogP contribution in [0, 0.1) is 0 Å². The van der Waals surface area contributed by atoms with E-state index in [4.69, 9.17) is 9.15 Å². The summed E-state index contributed by atoms with van der Waals surface area (Å²) in [6.07, 6.45) is 3.27. The number of piperidine rings is 1. The van der Waals surface area contributed by atoms with Crippen molar-refractivity contribution in [1.82, 2.24) is 9.88 Å². The fourth-order valence-corrected chi connectivity index (χ4v) is 2.42. The normalized spacial score (nSPS) is 17.6. The van der Waals surface area contributed by atoms with Crippen LogP contribution in [-0.2, 0) is 4.74 Å². The van der Waals surface area contributed by atoms with Gasteiger partial charge in [-0.15, -0.1) is 0 Å². The van der Waals surface area contributed by atoms with Gasteiger partial charge in [0.2, 0.25) is 0 Å². The minimum atomic E-state index is -0.441. The Kier molecular flexibility index (Phi) is 4.18. The van der Waals surface area contributed by atoms with Crippen molar-refractivity contribution in [3.8, 4) is 0 Å². The van der Waals surface area contributed by atoms with Crippen LogP contribution < -0.4 is 0 Å². The van der Waals surface area contributed by atoms with Crippen molar-refractivity contribution in [1.29, 1.82) is 0 Å².